The van der Waals surface area contributed by atoms with Crippen molar-refractivity contribution in [1.82, 2.24) is 10.6 Å². The molecule has 1 aromatic rings. The van der Waals surface area contributed by atoms with Crippen LogP contribution in [-0.2, 0) is 9.59 Å². The minimum absolute atomic E-state index is 0.188. The molecular weight excluding hydrogens is 296 g/mol. The SMILES string of the molecule is CCC(C)C(NC(=O)CNC(=O)c1ccc(C)c(C)c1)C(=O)O. The van der Waals surface area contributed by atoms with Gasteiger partial charge in [0.05, 0.1) is 6.54 Å². The molecule has 0 bridgehead atoms. The van der Waals surface area contributed by atoms with E-state index in [0.717, 1.165) is 11.1 Å². The number of hydrogen-bond donors (Lipinski definition) is 3. The lowest BCUT2D eigenvalue weighted by Crippen LogP contribution is -2.48. The Morgan fingerprint density at radius 2 is 1.83 bits per heavy atom. The monoisotopic (exact) mass is 320 g/mol. The van der Waals surface area contributed by atoms with Crippen molar-refractivity contribution < 1.29 is 19.5 Å². The number of nitrogens with one attached hydrogen (secondary N) is 2. The first-order chi connectivity index (χ1) is 10.8. The van der Waals surface area contributed by atoms with Gasteiger partial charge in [0, 0.05) is 5.56 Å². The molecule has 3 N–H and O–H groups in total. The summed E-state index contributed by atoms with van der Waals surface area (Å²) in [5.41, 5.74) is 2.54. The van der Waals surface area contributed by atoms with E-state index in [0.29, 0.717) is 12.0 Å². The zero-order chi connectivity index (χ0) is 17.6. The van der Waals surface area contributed by atoms with E-state index in [1.165, 1.54) is 0 Å². The van der Waals surface area contributed by atoms with Gasteiger partial charge in [-0.15, -0.1) is 0 Å². The number of carbonyl (C=O) groups excluding carboxylic acids is 2. The number of rotatable bonds is 7. The van der Waals surface area contributed by atoms with E-state index in [2.05, 4.69) is 10.6 Å². The summed E-state index contributed by atoms with van der Waals surface area (Å²) in [6.07, 6.45) is 0.631. The summed E-state index contributed by atoms with van der Waals surface area (Å²) >= 11 is 0. The highest BCUT2D eigenvalue weighted by molar-refractivity contribution is 5.97. The molecule has 0 aliphatic rings. The van der Waals surface area contributed by atoms with Crippen LogP contribution >= 0.6 is 0 Å². The maximum absolute atomic E-state index is 12.0. The topological polar surface area (TPSA) is 95.5 Å². The van der Waals surface area contributed by atoms with Crippen LogP contribution in [0.15, 0.2) is 18.2 Å². The van der Waals surface area contributed by atoms with Gasteiger partial charge >= 0.3 is 5.97 Å². The summed E-state index contributed by atoms with van der Waals surface area (Å²) in [6.45, 7) is 7.21. The van der Waals surface area contributed by atoms with E-state index >= 15 is 0 Å². The van der Waals surface area contributed by atoms with Gasteiger partial charge in [-0.25, -0.2) is 4.79 Å². The molecule has 2 atom stereocenters. The van der Waals surface area contributed by atoms with Crippen LogP contribution in [0, 0.1) is 19.8 Å². The van der Waals surface area contributed by atoms with Gasteiger partial charge in [-0.05, 0) is 43.0 Å². The molecule has 6 heteroatoms. The number of amides is 2. The van der Waals surface area contributed by atoms with E-state index in [4.69, 9.17) is 5.11 Å². The molecule has 2 amide bonds. The molecule has 0 aromatic heterocycles. The highest BCUT2D eigenvalue weighted by Crippen LogP contribution is 2.10. The molecule has 126 valence electrons. The van der Waals surface area contributed by atoms with Crippen LogP contribution in [0.4, 0.5) is 0 Å². The fourth-order valence-electron chi connectivity index (χ4n) is 2.05. The zero-order valence-electron chi connectivity index (χ0n) is 14.0. The second-order valence-corrected chi connectivity index (χ2v) is 5.75. The number of aryl methyl sites for hydroxylation is 2. The van der Waals surface area contributed by atoms with Gasteiger partial charge in [0.1, 0.15) is 6.04 Å². The Morgan fingerprint density at radius 3 is 2.35 bits per heavy atom. The first-order valence-corrected chi connectivity index (χ1v) is 7.63. The van der Waals surface area contributed by atoms with E-state index in [1.54, 1.807) is 19.1 Å². The first kappa shape index (κ1) is 18.7. The average molecular weight is 320 g/mol. The average Bonchev–Trinajstić information content (AvgIpc) is 2.51. The fraction of sp³-hybridized carbons (Fsp3) is 0.471. The van der Waals surface area contributed by atoms with Gasteiger partial charge in [-0.2, -0.15) is 0 Å². The van der Waals surface area contributed by atoms with Gasteiger partial charge in [0.2, 0.25) is 5.91 Å². The van der Waals surface area contributed by atoms with Gasteiger partial charge in [0.25, 0.3) is 5.91 Å². The maximum atomic E-state index is 12.0. The van der Waals surface area contributed by atoms with Crippen LogP contribution in [-0.4, -0.2) is 35.5 Å². The lowest BCUT2D eigenvalue weighted by molar-refractivity contribution is -0.143. The predicted octanol–water partition coefficient (Wildman–Crippen LogP) is 1.65. The Labute approximate surface area is 136 Å². The molecular formula is C17H24N2O4. The molecule has 0 saturated heterocycles. The Kier molecular flexibility index (Phi) is 6.75. The van der Waals surface area contributed by atoms with Crippen molar-refractivity contribution >= 4 is 17.8 Å². The van der Waals surface area contributed by atoms with Gasteiger partial charge in [-0.1, -0.05) is 26.3 Å². The Morgan fingerprint density at radius 1 is 1.17 bits per heavy atom. The van der Waals surface area contributed by atoms with Crippen LogP contribution in [0.2, 0.25) is 0 Å². The quantitative estimate of drug-likeness (QED) is 0.712. The van der Waals surface area contributed by atoms with Crippen molar-refractivity contribution in [2.24, 2.45) is 5.92 Å². The second kappa shape index (κ2) is 8.31. The molecule has 23 heavy (non-hydrogen) atoms. The molecule has 0 saturated carbocycles. The standard InChI is InChI=1S/C17H24N2O4/c1-5-10(2)15(17(22)23)19-14(20)9-18-16(21)13-7-6-11(3)12(4)8-13/h6-8,10,15H,5,9H2,1-4H3,(H,18,21)(H,19,20)(H,22,23). The molecule has 1 aromatic carbocycles. The third-order valence-corrected chi connectivity index (χ3v) is 3.97. The van der Waals surface area contributed by atoms with Gasteiger partial charge in [0.15, 0.2) is 0 Å². The Bertz CT molecular complexity index is 598. The Balaban J connectivity index is 2.59. The lowest BCUT2D eigenvalue weighted by Gasteiger charge is -2.20. The number of carboxylic acid groups (broad SMARTS) is 1. The van der Waals surface area contributed by atoms with E-state index in [1.807, 2.05) is 26.8 Å². The third kappa shape index (κ3) is 5.39. The zero-order valence-corrected chi connectivity index (χ0v) is 14.0. The number of hydrogen-bond acceptors (Lipinski definition) is 3. The Hall–Kier alpha value is -2.37. The molecule has 6 nitrogen and oxygen atoms in total. The largest absolute Gasteiger partial charge is 0.480 e. The minimum atomic E-state index is -1.08. The van der Waals surface area contributed by atoms with E-state index in [9.17, 15) is 14.4 Å². The number of carbonyl (C=O) groups is 3. The van der Waals surface area contributed by atoms with Crippen molar-refractivity contribution in [1.29, 1.82) is 0 Å². The van der Waals surface area contributed by atoms with Crippen LogP contribution in [0.5, 0.6) is 0 Å². The number of benzene rings is 1. The number of carboxylic acids is 1. The van der Waals surface area contributed by atoms with Crippen LogP contribution < -0.4 is 10.6 Å². The van der Waals surface area contributed by atoms with Crippen molar-refractivity contribution in [2.75, 3.05) is 6.54 Å². The van der Waals surface area contributed by atoms with Crippen molar-refractivity contribution in [3.05, 3.63) is 34.9 Å². The predicted molar refractivity (Wildman–Crippen MR) is 87.3 cm³/mol. The van der Waals surface area contributed by atoms with Crippen LogP contribution in [0.25, 0.3) is 0 Å². The van der Waals surface area contributed by atoms with Crippen LogP contribution in [0.3, 0.4) is 0 Å². The summed E-state index contributed by atoms with van der Waals surface area (Å²) in [7, 11) is 0. The van der Waals surface area contributed by atoms with Crippen LogP contribution in [0.1, 0.15) is 41.8 Å². The van der Waals surface area contributed by atoms with Gasteiger partial charge < -0.3 is 15.7 Å². The second-order valence-electron chi connectivity index (χ2n) is 5.75. The normalized spacial score (nSPS) is 13.0. The summed E-state index contributed by atoms with van der Waals surface area (Å²) in [6, 6.07) is 4.33. The highest BCUT2D eigenvalue weighted by atomic mass is 16.4. The minimum Gasteiger partial charge on any atom is -0.480 e. The molecule has 0 aliphatic heterocycles. The molecule has 0 spiro atoms. The molecule has 1 rings (SSSR count). The van der Waals surface area contributed by atoms with Crippen molar-refractivity contribution in [3.8, 4) is 0 Å². The number of aliphatic carboxylic acids is 1. The molecule has 0 fully saturated rings. The molecule has 0 radical (unpaired) electrons. The summed E-state index contributed by atoms with van der Waals surface area (Å²) in [5.74, 6) is -2.14. The molecule has 0 heterocycles. The third-order valence-electron chi connectivity index (χ3n) is 3.97. The lowest BCUT2D eigenvalue weighted by atomic mass is 9.99. The van der Waals surface area contributed by atoms with Crippen molar-refractivity contribution in [3.63, 3.8) is 0 Å². The van der Waals surface area contributed by atoms with Gasteiger partial charge in [-0.3, -0.25) is 9.59 Å². The molecule has 0 aliphatic carbocycles. The van der Waals surface area contributed by atoms with Crippen molar-refractivity contribution in [2.45, 2.75) is 40.2 Å². The highest BCUT2D eigenvalue weighted by Gasteiger charge is 2.25. The fourth-order valence-corrected chi connectivity index (χ4v) is 2.05. The summed E-state index contributed by atoms with van der Waals surface area (Å²) in [5, 5.41) is 14.1. The maximum Gasteiger partial charge on any atom is 0.326 e. The van der Waals surface area contributed by atoms with E-state index in [-0.39, 0.29) is 18.4 Å². The first-order valence-electron chi connectivity index (χ1n) is 7.63. The smallest absolute Gasteiger partial charge is 0.326 e. The molecule has 2 unspecified atom stereocenters. The summed E-state index contributed by atoms with van der Waals surface area (Å²) in [4.78, 5) is 35.0. The summed E-state index contributed by atoms with van der Waals surface area (Å²) < 4.78 is 0. The van der Waals surface area contributed by atoms with E-state index < -0.39 is 17.9 Å².